The van der Waals surface area contributed by atoms with Crippen molar-refractivity contribution in [1.29, 1.82) is 0 Å². The lowest BCUT2D eigenvalue weighted by Gasteiger charge is -2.39. The second-order valence-electron chi connectivity index (χ2n) is 4.62. The van der Waals surface area contributed by atoms with E-state index in [2.05, 4.69) is 22.0 Å². The van der Waals surface area contributed by atoms with E-state index in [1.807, 2.05) is 0 Å². The van der Waals surface area contributed by atoms with Crippen LogP contribution in [0, 0.1) is 0 Å². The van der Waals surface area contributed by atoms with Crippen molar-refractivity contribution in [3.8, 4) is 0 Å². The number of likely N-dealkylation sites (tertiary alicyclic amines) is 1. The van der Waals surface area contributed by atoms with Crippen LogP contribution in [0.4, 0.5) is 0 Å². The van der Waals surface area contributed by atoms with Gasteiger partial charge in [-0.1, -0.05) is 0 Å². The van der Waals surface area contributed by atoms with Crippen molar-refractivity contribution in [3.63, 3.8) is 0 Å². The molecular formula is C11H23N3. The van der Waals surface area contributed by atoms with E-state index in [1.54, 1.807) is 0 Å². The minimum atomic E-state index is 0.859. The zero-order valence-electron chi connectivity index (χ0n) is 9.34. The average Bonchev–Trinajstić information content (AvgIpc) is 2.24. The number of piperazine rings is 1. The summed E-state index contributed by atoms with van der Waals surface area (Å²) in [5.41, 5.74) is 0. The van der Waals surface area contributed by atoms with Crippen LogP contribution >= 0.6 is 0 Å². The topological polar surface area (TPSA) is 18.5 Å². The number of rotatable bonds is 4. The summed E-state index contributed by atoms with van der Waals surface area (Å²) < 4.78 is 0. The highest BCUT2D eigenvalue weighted by atomic mass is 15.2. The van der Waals surface area contributed by atoms with Crippen LogP contribution < -0.4 is 5.32 Å². The predicted octanol–water partition coefficient (Wildman–Crippen LogP) is 0.376. The summed E-state index contributed by atoms with van der Waals surface area (Å²) in [6.45, 7) is 11.1. The highest BCUT2D eigenvalue weighted by molar-refractivity contribution is 4.78. The Morgan fingerprint density at radius 3 is 2.50 bits per heavy atom. The number of hydrogen-bond donors (Lipinski definition) is 1. The molecule has 0 bridgehead atoms. The van der Waals surface area contributed by atoms with Gasteiger partial charge in [0.15, 0.2) is 0 Å². The molecule has 0 aromatic carbocycles. The fraction of sp³-hybridized carbons (Fsp3) is 1.00. The Bertz CT molecular complexity index is 166. The van der Waals surface area contributed by atoms with Crippen LogP contribution in [0.3, 0.4) is 0 Å². The Kier molecular flexibility index (Phi) is 3.79. The van der Waals surface area contributed by atoms with E-state index in [0.29, 0.717) is 0 Å². The molecule has 3 heteroatoms. The molecule has 2 rings (SSSR count). The predicted molar refractivity (Wildman–Crippen MR) is 59.6 cm³/mol. The molecule has 0 spiro atoms. The lowest BCUT2D eigenvalue weighted by Crippen LogP contribution is -2.48. The van der Waals surface area contributed by atoms with Crippen LogP contribution in [0.5, 0.6) is 0 Å². The SMILES string of the molecule is CC1CCN1CCCN1CCNCC1. The Morgan fingerprint density at radius 1 is 1.14 bits per heavy atom. The van der Waals surface area contributed by atoms with Crippen molar-refractivity contribution in [2.75, 3.05) is 45.8 Å². The molecule has 0 saturated carbocycles. The molecule has 0 aromatic heterocycles. The summed E-state index contributed by atoms with van der Waals surface area (Å²) in [7, 11) is 0. The molecule has 3 nitrogen and oxygen atoms in total. The Labute approximate surface area is 87.4 Å². The van der Waals surface area contributed by atoms with E-state index >= 15 is 0 Å². The van der Waals surface area contributed by atoms with Crippen molar-refractivity contribution < 1.29 is 0 Å². The van der Waals surface area contributed by atoms with E-state index in [-0.39, 0.29) is 0 Å². The molecule has 2 aliphatic heterocycles. The molecule has 2 saturated heterocycles. The smallest absolute Gasteiger partial charge is 0.0107 e. The summed E-state index contributed by atoms with van der Waals surface area (Å²) in [5, 5.41) is 3.39. The molecule has 1 atom stereocenters. The molecule has 2 heterocycles. The molecule has 0 amide bonds. The monoisotopic (exact) mass is 197 g/mol. The van der Waals surface area contributed by atoms with E-state index in [0.717, 1.165) is 6.04 Å². The average molecular weight is 197 g/mol. The third-order valence-electron chi connectivity index (χ3n) is 3.59. The van der Waals surface area contributed by atoms with E-state index in [9.17, 15) is 0 Å². The van der Waals surface area contributed by atoms with Crippen LogP contribution in [0.1, 0.15) is 19.8 Å². The molecule has 0 aliphatic carbocycles. The second-order valence-corrected chi connectivity index (χ2v) is 4.62. The van der Waals surface area contributed by atoms with Crippen LogP contribution in [-0.2, 0) is 0 Å². The van der Waals surface area contributed by atoms with Crippen molar-refractivity contribution >= 4 is 0 Å². The summed E-state index contributed by atoms with van der Waals surface area (Å²) in [5.74, 6) is 0. The van der Waals surface area contributed by atoms with Gasteiger partial charge < -0.3 is 15.1 Å². The maximum atomic E-state index is 3.39. The Balaban J connectivity index is 1.53. The molecule has 0 radical (unpaired) electrons. The fourth-order valence-corrected chi connectivity index (χ4v) is 2.33. The lowest BCUT2D eigenvalue weighted by atomic mass is 10.1. The summed E-state index contributed by atoms with van der Waals surface area (Å²) in [4.78, 5) is 5.18. The van der Waals surface area contributed by atoms with Crippen LogP contribution in [0.15, 0.2) is 0 Å². The maximum Gasteiger partial charge on any atom is 0.0107 e. The van der Waals surface area contributed by atoms with Gasteiger partial charge in [0.2, 0.25) is 0 Å². The van der Waals surface area contributed by atoms with Crippen molar-refractivity contribution in [2.45, 2.75) is 25.8 Å². The van der Waals surface area contributed by atoms with E-state index in [1.165, 1.54) is 58.7 Å². The molecule has 1 unspecified atom stereocenters. The third kappa shape index (κ3) is 2.69. The zero-order valence-corrected chi connectivity index (χ0v) is 9.34. The Hall–Kier alpha value is -0.120. The number of hydrogen-bond acceptors (Lipinski definition) is 3. The summed E-state index contributed by atoms with van der Waals surface area (Å²) in [6, 6.07) is 0.859. The molecule has 14 heavy (non-hydrogen) atoms. The van der Waals surface area contributed by atoms with Gasteiger partial charge in [0.05, 0.1) is 0 Å². The second kappa shape index (κ2) is 5.10. The van der Waals surface area contributed by atoms with E-state index < -0.39 is 0 Å². The maximum absolute atomic E-state index is 3.39. The minimum Gasteiger partial charge on any atom is -0.314 e. The standard InChI is InChI=1S/C11H23N3/c1-11-3-8-14(11)7-2-6-13-9-4-12-5-10-13/h11-12H,2-10H2,1H3. The number of nitrogens with zero attached hydrogens (tertiary/aromatic N) is 2. The van der Waals surface area contributed by atoms with Crippen LogP contribution in [0.2, 0.25) is 0 Å². The normalized spacial score (nSPS) is 30.2. The lowest BCUT2D eigenvalue weighted by molar-refractivity contribution is 0.0965. The first-order valence-corrected chi connectivity index (χ1v) is 6.03. The number of nitrogens with one attached hydrogen (secondary N) is 1. The quantitative estimate of drug-likeness (QED) is 0.703. The highest BCUT2D eigenvalue weighted by Gasteiger charge is 2.22. The molecule has 2 fully saturated rings. The van der Waals surface area contributed by atoms with Crippen molar-refractivity contribution in [1.82, 2.24) is 15.1 Å². The third-order valence-corrected chi connectivity index (χ3v) is 3.59. The van der Waals surface area contributed by atoms with Gasteiger partial charge in [-0.05, 0) is 39.4 Å². The Morgan fingerprint density at radius 2 is 1.93 bits per heavy atom. The first-order valence-electron chi connectivity index (χ1n) is 6.03. The van der Waals surface area contributed by atoms with Crippen LogP contribution in [-0.4, -0.2) is 61.7 Å². The highest BCUT2D eigenvalue weighted by Crippen LogP contribution is 2.16. The van der Waals surface area contributed by atoms with Gasteiger partial charge in [0.25, 0.3) is 0 Å². The molecular weight excluding hydrogens is 174 g/mol. The first kappa shape index (κ1) is 10.4. The summed E-state index contributed by atoms with van der Waals surface area (Å²) >= 11 is 0. The van der Waals surface area contributed by atoms with Gasteiger partial charge in [-0.15, -0.1) is 0 Å². The minimum absolute atomic E-state index is 0.859. The molecule has 0 aromatic rings. The summed E-state index contributed by atoms with van der Waals surface area (Å²) in [6.07, 6.45) is 2.76. The van der Waals surface area contributed by atoms with Gasteiger partial charge in [-0.3, -0.25) is 0 Å². The van der Waals surface area contributed by atoms with Crippen LogP contribution in [0.25, 0.3) is 0 Å². The fourth-order valence-electron chi connectivity index (χ4n) is 2.33. The zero-order chi connectivity index (χ0) is 9.80. The van der Waals surface area contributed by atoms with Gasteiger partial charge in [-0.25, -0.2) is 0 Å². The van der Waals surface area contributed by atoms with Gasteiger partial charge >= 0.3 is 0 Å². The largest absolute Gasteiger partial charge is 0.314 e. The van der Waals surface area contributed by atoms with Gasteiger partial charge in [-0.2, -0.15) is 0 Å². The molecule has 2 aliphatic rings. The molecule has 82 valence electrons. The van der Waals surface area contributed by atoms with Gasteiger partial charge in [0.1, 0.15) is 0 Å². The van der Waals surface area contributed by atoms with Crippen molar-refractivity contribution in [2.24, 2.45) is 0 Å². The molecule has 1 N–H and O–H groups in total. The van der Waals surface area contributed by atoms with Crippen molar-refractivity contribution in [3.05, 3.63) is 0 Å². The van der Waals surface area contributed by atoms with Gasteiger partial charge in [0, 0.05) is 32.2 Å². The van der Waals surface area contributed by atoms with E-state index in [4.69, 9.17) is 0 Å². The first-order chi connectivity index (χ1) is 6.86.